The highest BCUT2D eigenvalue weighted by Crippen LogP contribution is 2.07. The lowest BCUT2D eigenvalue weighted by atomic mass is 10.1. The molecule has 3 rings (SSSR count). The maximum atomic E-state index is 12.1. The SMILES string of the molecule is Cc1cccc(Cn2cnc(NC(=O)Cn3nc(C)cc3C)n2)c1. The van der Waals surface area contributed by atoms with Gasteiger partial charge in [-0.15, -0.1) is 5.10 Å². The maximum absolute atomic E-state index is 12.1. The average Bonchev–Trinajstić information content (AvgIpc) is 3.05. The number of benzene rings is 1. The van der Waals surface area contributed by atoms with Crippen LogP contribution in [-0.2, 0) is 17.9 Å². The summed E-state index contributed by atoms with van der Waals surface area (Å²) in [5.41, 5.74) is 4.17. The number of carbonyl (C=O) groups excluding carboxylic acids is 1. The molecular weight excluding hydrogens is 304 g/mol. The number of nitrogens with zero attached hydrogens (tertiary/aromatic N) is 5. The second-order valence-corrected chi connectivity index (χ2v) is 5.89. The van der Waals surface area contributed by atoms with E-state index >= 15 is 0 Å². The third kappa shape index (κ3) is 3.87. The van der Waals surface area contributed by atoms with Crippen molar-refractivity contribution in [3.63, 3.8) is 0 Å². The minimum atomic E-state index is -0.200. The second kappa shape index (κ2) is 6.66. The van der Waals surface area contributed by atoms with Crippen LogP contribution in [0.1, 0.15) is 22.5 Å². The number of amides is 1. The number of rotatable bonds is 5. The molecule has 2 heterocycles. The Bertz CT molecular complexity index is 864. The van der Waals surface area contributed by atoms with Gasteiger partial charge >= 0.3 is 0 Å². The van der Waals surface area contributed by atoms with Crippen LogP contribution in [0.2, 0.25) is 0 Å². The number of hydrogen-bond donors (Lipinski definition) is 1. The molecule has 7 heteroatoms. The topological polar surface area (TPSA) is 77.6 Å². The third-order valence-electron chi connectivity index (χ3n) is 3.61. The minimum Gasteiger partial charge on any atom is -0.292 e. The van der Waals surface area contributed by atoms with Crippen LogP contribution in [0.4, 0.5) is 5.95 Å². The van der Waals surface area contributed by atoms with Crippen molar-refractivity contribution < 1.29 is 4.79 Å². The van der Waals surface area contributed by atoms with Gasteiger partial charge in [0.1, 0.15) is 12.9 Å². The summed E-state index contributed by atoms with van der Waals surface area (Å²) in [5.74, 6) is 0.101. The highest BCUT2D eigenvalue weighted by Gasteiger charge is 2.10. The van der Waals surface area contributed by atoms with Crippen LogP contribution in [0.15, 0.2) is 36.7 Å². The van der Waals surface area contributed by atoms with E-state index in [4.69, 9.17) is 0 Å². The molecule has 0 spiro atoms. The molecule has 0 aliphatic heterocycles. The molecule has 0 bridgehead atoms. The van der Waals surface area contributed by atoms with Crippen LogP contribution in [-0.4, -0.2) is 30.5 Å². The summed E-state index contributed by atoms with van der Waals surface area (Å²) >= 11 is 0. The molecule has 24 heavy (non-hydrogen) atoms. The number of hydrogen-bond acceptors (Lipinski definition) is 4. The van der Waals surface area contributed by atoms with Crippen molar-refractivity contribution in [2.75, 3.05) is 5.32 Å². The molecule has 0 aliphatic rings. The Morgan fingerprint density at radius 1 is 1.17 bits per heavy atom. The van der Waals surface area contributed by atoms with E-state index in [0.717, 1.165) is 17.0 Å². The number of carbonyl (C=O) groups is 1. The molecule has 1 N–H and O–H groups in total. The summed E-state index contributed by atoms with van der Waals surface area (Å²) in [6.07, 6.45) is 1.61. The lowest BCUT2D eigenvalue weighted by Crippen LogP contribution is -2.21. The summed E-state index contributed by atoms with van der Waals surface area (Å²) in [7, 11) is 0. The fourth-order valence-electron chi connectivity index (χ4n) is 2.56. The molecule has 0 saturated carbocycles. The first-order valence-electron chi connectivity index (χ1n) is 7.75. The van der Waals surface area contributed by atoms with Gasteiger partial charge in [0.25, 0.3) is 0 Å². The summed E-state index contributed by atoms with van der Waals surface area (Å²) in [5, 5.41) is 11.3. The van der Waals surface area contributed by atoms with Crippen LogP contribution in [0, 0.1) is 20.8 Å². The quantitative estimate of drug-likeness (QED) is 0.779. The standard InChI is InChI=1S/C17H20N6O/c1-12-5-4-6-15(7-12)9-22-11-18-17(21-22)19-16(24)10-23-14(3)8-13(2)20-23/h4-8,11H,9-10H2,1-3H3,(H,19,21,24). The van der Waals surface area contributed by atoms with Crippen LogP contribution in [0.3, 0.4) is 0 Å². The van der Waals surface area contributed by atoms with E-state index in [0.29, 0.717) is 12.5 Å². The Morgan fingerprint density at radius 2 is 2.00 bits per heavy atom. The summed E-state index contributed by atoms with van der Waals surface area (Å²) in [6.45, 7) is 6.63. The molecule has 7 nitrogen and oxygen atoms in total. The van der Waals surface area contributed by atoms with Crippen LogP contribution >= 0.6 is 0 Å². The van der Waals surface area contributed by atoms with E-state index in [1.54, 1.807) is 15.7 Å². The molecule has 1 amide bonds. The van der Waals surface area contributed by atoms with Crippen LogP contribution in [0.5, 0.6) is 0 Å². The van der Waals surface area contributed by atoms with Gasteiger partial charge in [0.15, 0.2) is 0 Å². The lowest BCUT2D eigenvalue weighted by Gasteiger charge is -2.04. The molecule has 0 fully saturated rings. The van der Waals surface area contributed by atoms with Gasteiger partial charge in [0, 0.05) is 5.69 Å². The predicted molar refractivity (Wildman–Crippen MR) is 90.6 cm³/mol. The van der Waals surface area contributed by atoms with Gasteiger partial charge in [-0.25, -0.2) is 9.67 Å². The minimum absolute atomic E-state index is 0.145. The average molecular weight is 324 g/mol. The van der Waals surface area contributed by atoms with Crippen molar-refractivity contribution in [1.82, 2.24) is 24.5 Å². The van der Waals surface area contributed by atoms with Gasteiger partial charge in [-0.05, 0) is 32.4 Å². The van der Waals surface area contributed by atoms with E-state index in [2.05, 4.69) is 39.6 Å². The molecule has 124 valence electrons. The maximum Gasteiger partial charge on any atom is 0.248 e. The largest absolute Gasteiger partial charge is 0.292 e. The molecule has 0 radical (unpaired) electrons. The first-order valence-corrected chi connectivity index (χ1v) is 7.75. The van der Waals surface area contributed by atoms with Crippen molar-refractivity contribution >= 4 is 11.9 Å². The van der Waals surface area contributed by atoms with Crippen molar-refractivity contribution in [3.05, 3.63) is 59.2 Å². The second-order valence-electron chi connectivity index (χ2n) is 5.89. The molecule has 0 aliphatic carbocycles. The van der Waals surface area contributed by atoms with E-state index in [1.807, 2.05) is 32.0 Å². The number of nitrogens with one attached hydrogen (secondary N) is 1. The zero-order valence-electron chi connectivity index (χ0n) is 14.0. The predicted octanol–water partition coefficient (Wildman–Crippen LogP) is 2.09. The van der Waals surface area contributed by atoms with Gasteiger partial charge < -0.3 is 0 Å². The summed E-state index contributed by atoms with van der Waals surface area (Å²) in [4.78, 5) is 16.2. The van der Waals surface area contributed by atoms with Crippen molar-refractivity contribution in [2.45, 2.75) is 33.9 Å². The first-order chi connectivity index (χ1) is 11.5. The summed E-state index contributed by atoms with van der Waals surface area (Å²) in [6, 6.07) is 10.1. The zero-order chi connectivity index (χ0) is 17.1. The highest BCUT2D eigenvalue weighted by atomic mass is 16.2. The van der Waals surface area contributed by atoms with Crippen LogP contribution < -0.4 is 5.32 Å². The number of aryl methyl sites for hydroxylation is 3. The van der Waals surface area contributed by atoms with Crippen molar-refractivity contribution in [3.8, 4) is 0 Å². The van der Waals surface area contributed by atoms with E-state index < -0.39 is 0 Å². The van der Waals surface area contributed by atoms with Gasteiger partial charge in [0.2, 0.25) is 11.9 Å². The molecule has 1 aromatic carbocycles. The molecule has 2 aromatic heterocycles. The van der Waals surface area contributed by atoms with E-state index in [9.17, 15) is 4.79 Å². The lowest BCUT2D eigenvalue weighted by molar-refractivity contribution is -0.117. The van der Waals surface area contributed by atoms with Gasteiger partial charge in [0.05, 0.1) is 12.2 Å². The molecular formula is C17H20N6O. The van der Waals surface area contributed by atoms with Crippen molar-refractivity contribution in [1.29, 1.82) is 0 Å². The van der Waals surface area contributed by atoms with Crippen LogP contribution in [0.25, 0.3) is 0 Å². The third-order valence-corrected chi connectivity index (χ3v) is 3.61. The number of aromatic nitrogens is 5. The van der Waals surface area contributed by atoms with Gasteiger partial charge in [-0.2, -0.15) is 5.10 Å². The van der Waals surface area contributed by atoms with Crippen molar-refractivity contribution in [2.24, 2.45) is 0 Å². The Kier molecular flexibility index (Phi) is 4.41. The fourth-order valence-corrected chi connectivity index (χ4v) is 2.56. The Hall–Kier alpha value is -2.96. The number of anilines is 1. The van der Waals surface area contributed by atoms with E-state index in [1.165, 1.54) is 5.56 Å². The molecule has 0 saturated heterocycles. The Labute approximate surface area is 140 Å². The molecule has 3 aromatic rings. The smallest absolute Gasteiger partial charge is 0.248 e. The molecule has 0 atom stereocenters. The Morgan fingerprint density at radius 3 is 2.71 bits per heavy atom. The summed E-state index contributed by atoms with van der Waals surface area (Å²) < 4.78 is 3.36. The van der Waals surface area contributed by atoms with Gasteiger partial charge in [-0.1, -0.05) is 29.8 Å². The van der Waals surface area contributed by atoms with E-state index in [-0.39, 0.29) is 12.5 Å². The highest BCUT2D eigenvalue weighted by molar-refractivity contribution is 5.88. The fraction of sp³-hybridized carbons (Fsp3) is 0.294. The Balaban J connectivity index is 1.61. The molecule has 0 unspecified atom stereocenters. The first kappa shape index (κ1) is 15.9. The zero-order valence-corrected chi connectivity index (χ0v) is 14.0. The normalized spacial score (nSPS) is 10.8. The van der Waals surface area contributed by atoms with Gasteiger partial charge in [-0.3, -0.25) is 14.8 Å². The monoisotopic (exact) mass is 324 g/mol.